The van der Waals surface area contributed by atoms with Gasteiger partial charge >= 0.3 is 112 Å². The third-order valence-electron chi connectivity index (χ3n) is 2.52. The molecule has 1 aromatic carbocycles. The van der Waals surface area contributed by atoms with Crippen molar-refractivity contribution in [2.75, 3.05) is 0 Å². The number of hydrogen-bond acceptors (Lipinski definition) is 2. The van der Waals surface area contributed by atoms with E-state index in [1.165, 1.54) is 0 Å². The van der Waals surface area contributed by atoms with Gasteiger partial charge in [0.2, 0.25) is 0 Å². The van der Waals surface area contributed by atoms with Crippen molar-refractivity contribution in [3.05, 3.63) is 54.4 Å². The van der Waals surface area contributed by atoms with Crippen LogP contribution >= 0.6 is 0 Å². The second-order valence-electron chi connectivity index (χ2n) is 3.78. The molecule has 0 aliphatic carbocycles. The summed E-state index contributed by atoms with van der Waals surface area (Å²) < 4.78 is 3.16. The molecule has 1 heterocycles. The molecular weight excluding hydrogens is 293 g/mol. The molecule has 4 heteroatoms. The summed E-state index contributed by atoms with van der Waals surface area (Å²) in [6.07, 6.45) is 3.11. The van der Waals surface area contributed by atoms with Crippen LogP contribution in [0.15, 0.2) is 48.7 Å². The number of benzene rings is 1. The molecule has 0 amide bonds. The minimum atomic E-state index is -0.129. The van der Waals surface area contributed by atoms with Gasteiger partial charge in [-0.1, -0.05) is 0 Å². The van der Waals surface area contributed by atoms with Crippen LogP contribution < -0.4 is 4.46 Å². The number of aromatic nitrogens is 1. The van der Waals surface area contributed by atoms with Crippen molar-refractivity contribution >= 4 is 30.4 Å². The van der Waals surface area contributed by atoms with Gasteiger partial charge in [-0.05, 0) is 0 Å². The van der Waals surface area contributed by atoms with Crippen LogP contribution in [-0.2, 0) is 11.3 Å². The third-order valence-corrected chi connectivity index (χ3v) is 4.49. The SMILES string of the molecule is O=Cc1cccn1CCC(=O)[Se]c1ccccc1. The van der Waals surface area contributed by atoms with Gasteiger partial charge in [-0.3, -0.25) is 0 Å². The van der Waals surface area contributed by atoms with E-state index < -0.39 is 0 Å². The van der Waals surface area contributed by atoms with Crippen LogP contribution in [0.1, 0.15) is 16.9 Å². The molecule has 2 rings (SSSR count). The molecule has 3 nitrogen and oxygen atoms in total. The Morgan fingerprint density at radius 2 is 1.94 bits per heavy atom. The van der Waals surface area contributed by atoms with Gasteiger partial charge in [0.1, 0.15) is 0 Å². The second kappa shape index (κ2) is 6.33. The fraction of sp³-hybridized carbons (Fsp3) is 0.143. The monoisotopic (exact) mass is 307 g/mol. The number of carbonyl (C=O) groups excluding carboxylic acids is 2. The first kappa shape index (κ1) is 12.8. The summed E-state index contributed by atoms with van der Waals surface area (Å²) in [6, 6.07) is 13.4. The number of aldehydes is 1. The molecule has 18 heavy (non-hydrogen) atoms. The van der Waals surface area contributed by atoms with Crippen molar-refractivity contribution in [2.45, 2.75) is 13.0 Å². The van der Waals surface area contributed by atoms with Crippen LogP contribution in [-0.4, -0.2) is 30.5 Å². The Labute approximate surface area is 112 Å². The first-order chi connectivity index (χ1) is 8.79. The van der Waals surface area contributed by atoms with Gasteiger partial charge in [-0.2, -0.15) is 0 Å². The maximum atomic E-state index is 11.8. The summed E-state index contributed by atoms with van der Waals surface area (Å²) in [4.78, 5) is 22.6. The zero-order valence-electron chi connectivity index (χ0n) is 9.78. The van der Waals surface area contributed by atoms with E-state index in [9.17, 15) is 9.59 Å². The van der Waals surface area contributed by atoms with E-state index in [2.05, 4.69) is 0 Å². The third kappa shape index (κ3) is 3.42. The molecule has 0 aliphatic heterocycles. The summed E-state index contributed by atoms with van der Waals surface area (Å²) in [5.41, 5.74) is 0.620. The molecule has 0 aliphatic rings. The van der Waals surface area contributed by atoms with Crippen LogP contribution in [0.5, 0.6) is 0 Å². The molecule has 0 radical (unpaired) electrons. The van der Waals surface area contributed by atoms with Crippen molar-refractivity contribution in [1.29, 1.82) is 0 Å². The van der Waals surface area contributed by atoms with Crippen molar-refractivity contribution in [3.63, 3.8) is 0 Å². The molecular formula is C14H13NO2Se. The van der Waals surface area contributed by atoms with Crippen LogP contribution in [0.2, 0.25) is 0 Å². The van der Waals surface area contributed by atoms with Gasteiger partial charge < -0.3 is 0 Å². The van der Waals surface area contributed by atoms with Crippen molar-refractivity contribution < 1.29 is 9.59 Å². The zero-order chi connectivity index (χ0) is 12.8. The van der Waals surface area contributed by atoms with E-state index in [1.807, 2.05) is 47.2 Å². The fourth-order valence-electron chi connectivity index (χ4n) is 1.62. The normalized spacial score (nSPS) is 10.2. The number of aryl methyl sites for hydroxylation is 1. The first-order valence-electron chi connectivity index (χ1n) is 5.65. The van der Waals surface area contributed by atoms with E-state index in [4.69, 9.17) is 0 Å². The Hall–Kier alpha value is -1.64. The van der Waals surface area contributed by atoms with E-state index in [0.717, 1.165) is 10.7 Å². The van der Waals surface area contributed by atoms with Crippen LogP contribution in [0.4, 0.5) is 0 Å². The van der Waals surface area contributed by atoms with Gasteiger partial charge in [0.15, 0.2) is 0 Å². The zero-order valence-corrected chi connectivity index (χ0v) is 11.5. The predicted molar refractivity (Wildman–Crippen MR) is 71.3 cm³/mol. The molecule has 0 spiro atoms. The fourth-order valence-corrected chi connectivity index (χ4v) is 3.19. The molecule has 0 atom stereocenters. The van der Waals surface area contributed by atoms with Crippen LogP contribution in [0.25, 0.3) is 0 Å². The van der Waals surface area contributed by atoms with Crippen LogP contribution in [0.3, 0.4) is 0 Å². The van der Waals surface area contributed by atoms with E-state index in [0.29, 0.717) is 18.7 Å². The Morgan fingerprint density at radius 3 is 2.67 bits per heavy atom. The topological polar surface area (TPSA) is 39.1 Å². The second-order valence-corrected chi connectivity index (χ2v) is 6.15. The molecule has 0 fully saturated rings. The number of rotatable bonds is 6. The van der Waals surface area contributed by atoms with E-state index >= 15 is 0 Å². The average molecular weight is 306 g/mol. The summed E-state index contributed by atoms with van der Waals surface area (Å²) in [5.74, 6) is 0. The Morgan fingerprint density at radius 1 is 1.17 bits per heavy atom. The maximum absolute atomic E-state index is 11.8. The molecule has 0 bridgehead atoms. The van der Waals surface area contributed by atoms with Gasteiger partial charge in [0.25, 0.3) is 0 Å². The van der Waals surface area contributed by atoms with Gasteiger partial charge in [0.05, 0.1) is 0 Å². The molecule has 0 N–H and O–H groups in total. The van der Waals surface area contributed by atoms with Gasteiger partial charge in [-0.15, -0.1) is 0 Å². The van der Waals surface area contributed by atoms with Crippen LogP contribution in [0, 0.1) is 0 Å². The Balaban J connectivity index is 1.87. The van der Waals surface area contributed by atoms with Crippen molar-refractivity contribution in [2.24, 2.45) is 0 Å². The van der Waals surface area contributed by atoms with Crippen molar-refractivity contribution in [3.8, 4) is 0 Å². The Kier molecular flexibility index (Phi) is 4.51. The van der Waals surface area contributed by atoms with Gasteiger partial charge in [0, 0.05) is 0 Å². The number of hydrogen-bond donors (Lipinski definition) is 0. The average Bonchev–Trinajstić information content (AvgIpc) is 2.85. The van der Waals surface area contributed by atoms with E-state index in [-0.39, 0.29) is 19.6 Å². The molecule has 0 saturated carbocycles. The van der Waals surface area contributed by atoms with E-state index in [1.54, 1.807) is 6.07 Å². The standard InChI is InChI=1S/C14H13NO2Se/c16-11-12-5-4-9-15(12)10-8-14(17)18-13-6-2-1-3-7-13/h1-7,9,11H,8,10H2. The first-order valence-corrected chi connectivity index (χ1v) is 7.37. The summed E-state index contributed by atoms with van der Waals surface area (Å²) in [6.45, 7) is 0.578. The molecule has 0 unspecified atom stereocenters. The molecule has 0 saturated heterocycles. The van der Waals surface area contributed by atoms with Gasteiger partial charge in [-0.25, -0.2) is 0 Å². The summed E-state index contributed by atoms with van der Waals surface area (Å²) in [7, 11) is 0. The molecule has 1 aromatic heterocycles. The summed E-state index contributed by atoms with van der Waals surface area (Å²) in [5, 5.41) is 0. The number of nitrogens with zero attached hydrogens (tertiary/aromatic N) is 1. The Bertz CT molecular complexity index is 534. The number of carbonyl (C=O) groups is 2. The quantitative estimate of drug-likeness (QED) is 0.595. The molecule has 92 valence electrons. The minimum absolute atomic E-state index is 0.129. The predicted octanol–water partition coefficient (Wildman–Crippen LogP) is 1.25. The molecule has 2 aromatic rings. The van der Waals surface area contributed by atoms with Crippen molar-refractivity contribution in [1.82, 2.24) is 4.57 Å². The summed E-state index contributed by atoms with van der Waals surface area (Å²) >= 11 is -0.129.